The molecule has 6 nitrogen and oxygen atoms in total. The maximum atomic E-state index is 12.1. The molecule has 134 valence electrons. The molecule has 1 aromatic carbocycles. The van der Waals surface area contributed by atoms with Gasteiger partial charge in [0, 0.05) is 24.1 Å². The molecule has 7 heteroatoms. The monoisotopic (exact) mass is 362 g/mol. The summed E-state index contributed by atoms with van der Waals surface area (Å²) in [5, 5.41) is 5.68. The van der Waals surface area contributed by atoms with Crippen molar-refractivity contribution in [2.45, 2.75) is 25.4 Å². The Labute approximate surface area is 151 Å². The van der Waals surface area contributed by atoms with Gasteiger partial charge in [-0.1, -0.05) is 0 Å². The van der Waals surface area contributed by atoms with Gasteiger partial charge in [0.25, 0.3) is 0 Å². The molecule has 1 aliphatic rings. The van der Waals surface area contributed by atoms with Gasteiger partial charge in [-0.3, -0.25) is 4.79 Å². The zero-order valence-electron chi connectivity index (χ0n) is 14.4. The van der Waals surface area contributed by atoms with Crippen LogP contribution in [-0.2, 0) is 16.0 Å². The number of carbonyl (C=O) groups is 1. The van der Waals surface area contributed by atoms with Crippen LogP contribution in [0.25, 0.3) is 10.6 Å². The third kappa shape index (κ3) is 4.49. The highest BCUT2D eigenvalue weighted by Gasteiger charge is 2.17. The van der Waals surface area contributed by atoms with Gasteiger partial charge in [0.05, 0.1) is 32.4 Å². The van der Waals surface area contributed by atoms with E-state index >= 15 is 0 Å². The standard InChI is InChI=1S/C18H22N2O4S/c1-22-15-6-5-12(8-16(15)23-2)18-20-13(11-25-18)9-17(21)19-10-14-4-3-7-24-14/h5-6,8,11,14H,3-4,7,9-10H2,1-2H3,(H,19,21)/t14-/m0/s1. The highest BCUT2D eigenvalue weighted by molar-refractivity contribution is 7.13. The highest BCUT2D eigenvalue weighted by Crippen LogP contribution is 2.33. The van der Waals surface area contributed by atoms with E-state index in [0.29, 0.717) is 18.0 Å². The quantitative estimate of drug-likeness (QED) is 0.820. The van der Waals surface area contributed by atoms with Crippen LogP contribution in [0, 0.1) is 0 Å². The summed E-state index contributed by atoms with van der Waals surface area (Å²) in [6, 6.07) is 5.67. The summed E-state index contributed by atoms with van der Waals surface area (Å²) in [5.74, 6) is 1.31. The second-order valence-corrected chi connectivity index (χ2v) is 6.69. The van der Waals surface area contributed by atoms with Crippen LogP contribution in [0.3, 0.4) is 0 Å². The number of ether oxygens (including phenoxy) is 3. The number of methoxy groups -OCH3 is 2. The van der Waals surface area contributed by atoms with Crippen molar-refractivity contribution in [3.63, 3.8) is 0 Å². The van der Waals surface area contributed by atoms with Crippen molar-refractivity contribution in [2.75, 3.05) is 27.4 Å². The number of nitrogens with one attached hydrogen (secondary N) is 1. The molecule has 0 aliphatic carbocycles. The summed E-state index contributed by atoms with van der Waals surface area (Å²) in [4.78, 5) is 16.6. The van der Waals surface area contributed by atoms with Crippen molar-refractivity contribution in [3.05, 3.63) is 29.3 Å². The van der Waals surface area contributed by atoms with E-state index < -0.39 is 0 Å². The Morgan fingerprint density at radius 3 is 2.92 bits per heavy atom. The number of nitrogens with zero attached hydrogens (tertiary/aromatic N) is 1. The normalized spacial score (nSPS) is 16.6. The third-order valence-electron chi connectivity index (χ3n) is 4.07. The number of benzene rings is 1. The van der Waals surface area contributed by atoms with Gasteiger partial charge in [-0.25, -0.2) is 4.98 Å². The van der Waals surface area contributed by atoms with Gasteiger partial charge in [0.2, 0.25) is 5.91 Å². The van der Waals surface area contributed by atoms with Crippen molar-refractivity contribution >= 4 is 17.2 Å². The molecular formula is C18H22N2O4S. The van der Waals surface area contributed by atoms with E-state index in [0.717, 1.165) is 35.7 Å². The van der Waals surface area contributed by atoms with Crippen LogP contribution in [0.4, 0.5) is 0 Å². The zero-order valence-corrected chi connectivity index (χ0v) is 15.2. The Kier molecular flexibility index (Phi) is 5.88. The zero-order chi connectivity index (χ0) is 17.6. The number of thiazole rings is 1. The Hall–Kier alpha value is -2.12. The average Bonchev–Trinajstić information content (AvgIpc) is 3.31. The van der Waals surface area contributed by atoms with Crippen LogP contribution in [-0.4, -0.2) is 44.4 Å². The molecule has 1 fully saturated rings. The van der Waals surface area contributed by atoms with E-state index in [4.69, 9.17) is 14.2 Å². The van der Waals surface area contributed by atoms with E-state index in [1.807, 2.05) is 23.6 Å². The number of aromatic nitrogens is 1. The first-order valence-electron chi connectivity index (χ1n) is 8.24. The molecule has 1 amide bonds. The first-order chi connectivity index (χ1) is 12.2. The summed E-state index contributed by atoms with van der Waals surface area (Å²) < 4.78 is 16.1. The van der Waals surface area contributed by atoms with Crippen LogP contribution in [0.1, 0.15) is 18.5 Å². The smallest absolute Gasteiger partial charge is 0.226 e. The lowest BCUT2D eigenvalue weighted by Crippen LogP contribution is -2.32. The molecule has 2 heterocycles. The molecule has 1 saturated heterocycles. The number of hydrogen-bond donors (Lipinski definition) is 1. The Morgan fingerprint density at radius 1 is 1.36 bits per heavy atom. The lowest BCUT2D eigenvalue weighted by molar-refractivity contribution is -0.121. The molecule has 0 spiro atoms. The first-order valence-corrected chi connectivity index (χ1v) is 9.12. The molecule has 1 aliphatic heterocycles. The highest BCUT2D eigenvalue weighted by atomic mass is 32.1. The molecule has 3 rings (SSSR count). The maximum Gasteiger partial charge on any atom is 0.226 e. The van der Waals surface area contributed by atoms with Crippen LogP contribution >= 0.6 is 11.3 Å². The molecule has 25 heavy (non-hydrogen) atoms. The van der Waals surface area contributed by atoms with Crippen molar-refractivity contribution in [3.8, 4) is 22.1 Å². The molecular weight excluding hydrogens is 340 g/mol. The fourth-order valence-electron chi connectivity index (χ4n) is 2.75. The van der Waals surface area contributed by atoms with Crippen molar-refractivity contribution in [2.24, 2.45) is 0 Å². The van der Waals surface area contributed by atoms with Gasteiger partial charge in [-0.15, -0.1) is 11.3 Å². The summed E-state index contributed by atoms with van der Waals surface area (Å²) >= 11 is 1.51. The molecule has 0 bridgehead atoms. The Morgan fingerprint density at radius 2 is 2.20 bits per heavy atom. The fraction of sp³-hybridized carbons (Fsp3) is 0.444. The third-order valence-corrected chi connectivity index (χ3v) is 5.01. The second-order valence-electron chi connectivity index (χ2n) is 5.83. The predicted octanol–water partition coefficient (Wildman–Crippen LogP) is 2.67. The minimum absolute atomic E-state index is 0.0281. The average molecular weight is 362 g/mol. The van der Waals surface area contributed by atoms with Gasteiger partial charge in [-0.2, -0.15) is 0 Å². The van der Waals surface area contributed by atoms with E-state index in [1.165, 1.54) is 11.3 Å². The lowest BCUT2D eigenvalue weighted by atomic mass is 10.2. The number of rotatable bonds is 7. The van der Waals surface area contributed by atoms with E-state index in [-0.39, 0.29) is 18.4 Å². The number of amides is 1. The molecule has 1 N–H and O–H groups in total. The van der Waals surface area contributed by atoms with Crippen LogP contribution in [0.15, 0.2) is 23.6 Å². The second kappa shape index (κ2) is 8.31. The summed E-state index contributed by atoms with van der Waals surface area (Å²) in [7, 11) is 3.21. The number of hydrogen-bond acceptors (Lipinski definition) is 6. The SMILES string of the molecule is COc1ccc(-c2nc(CC(=O)NC[C@@H]3CCCO3)cs2)cc1OC. The minimum Gasteiger partial charge on any atom is -0.493 e. The van der Waals surface area contributed by atoms with Crippen LogP contribution in [0.2, 0.25) is 0 Å². The van der Waals surface area contributed by atoms with Crippen LogP contribution < -0.4 is 14.8 Å². The Balaban J connectivity index is 1.60. The van der Waals surface area contributed by atoms with Crippen molar-refractivity contribution in [1.82, 2.24) is 10.3 Å². The topological polar surface area (TPSA) is 69.7 Å². The van der Waals surface area contributed by atoms with Gasteiger partial charge >= 0.3 is 0 Å². The summed E-state index contributed by atoms with van der Waals surface area (Å²) in [6.07, 6.45) is 2.51. The van der Waals surface area contributed by atoms with Crippen molar-refractivity contribution < 1.29 is 19.0 Å². The fourth-order valence-corrected chi connectivity index (χ4v) is 3.57. The molecule has 2 aromatic rings. The Bertz CT molecular complexity index is 726. The molecule has 1 atom stereocenters. The van der Waals surface area contributed by atoms with Gasteiger partial charge < -0.3 is 19.5 Å². The largest absolute Gasteiger partial charge is 0.493 e. The minimum atomic E-state index is -0.0281. The summed E-state index contributed by atoms with van der Waals surface area (Å²) in [5.41, 5.74) is 1.70. The predicted molar refractivity (Wildman–Crippen MR) is 96.3 cm³/mol. The molecule has 1 aromatic heterocycles. The molecule has 0 saturated carbocycles. The maximum absolute atomic E-state index is 12.1. The lowest BCUT2D eigenvalue weighted by Gasteiger charge is -2.10. The van der Waals surface area contributed by atoms with E-state index in [9.17, 15) is 4.79 Å². The van der Waals surface area contributed by atoms with E-state index in [2.05, 4.69) is 10.3 Å². The van der Waals surface area contributed by atoms with Gasteiger partial charge in [0.15, 0.2) is 11.5 Å². The number of carbonyl (C=O) groups excluding carboxylic acids is 1. The van der Waals surface area contributed by atoms with Crippen LogP contribution in [0.5, 0.6) is 11.5 Å². The van der Waals surface area contributed by atoms with Gasteiger partial charge in [-0.05, 0) is 31.0 Å². The van der Waals surface area contributed by atoms with Gasteiger partial charge in [0.1, 0.15) is 5.01 Å². The van der Waals surface area contributed by atoms with Crippen molar-refractivity contribution in [1.29, 1.82) is 0 Å². The molecule has 0 unspecified atom stereocenters. The molecule has 0 radical (unpaired) electrons. The first kappa shape index (κ1) is 17.7. The summed E-state index contributed by atoms with van der Waals surface area (Å²) in [6.45, 7) is 1.37. The van der Waals surface area contributed by atoms with E-state index in [1.54, 1.807) is 14.2 Å².